The number of piperidine rings is 1. The van der Waals surface area contributed by atoms with Crippen LogP contribution in [0.15, 0.2) is 0 Å². The smallest absolute Gasteiger partial charge is 0.320 e. The van der Waals surface area contributed by atoms with Crippen LogP contribution in [0, 0.1) is 11.8 Å². The molecule has 110 valence electrons. The number of nitrogens with zero attached hydrogens (tertiary/aromatic N) is 2. The van der Waals surface area contributed by atoms with E-state index in [2.05, 4.69) is 5.32 Å². The minimum absolute atomic E-state index is 0.0257. The Balaban J connectivity index is 1.58. The highest BCUT2D eigenvalue weighted by Crippen LogP contribution is 2.30. The SMILES string of the molecule is O=C(O)CC1CN(C(=O)N2CCCC3C(=O)NCC32)C1. The van der Waals surface area contributed by atoms with Crippen molar-refractivity contribution in [3.05, 3.63) is 0 Å². The van der Waals surface area contributed by atoms with E-state index in [1.165, 1.54) is 0 Å². The minimum atomic E-state index is -0.814. The van der Waals surface area contributed by atoms with Crippen molar-refractivity contribution in [2.24, 2.45) is 11.8 Å². The molecule has 0 bridgehead atoms. The number of carbonyl (C=O) groups is 3. The van der Waals surface area contributed by atoms with Crippen LogP contribution < -0.4 is 5.32 Å². The molecule has 0 aromatic rings. The normalized spacial score (nSPS) is 29.7. The van der Waals surface area contributed by atoms with Gasteiger partial charge in [-0.15, -0.1) is 0 Å². The zero-order valence-corrected chi connectivity index (χ0v) is 11.2. The van der Waals surface area contributed by atoms with Crippen molar-refractivity contribution in [1.29, 1.82) is 0 Å². The van der Waals surface area contributed by atoms with Crippen LogP contribution in [0.25, 0.3) is 0 Å². The first kappa shape index (κ1) is 13.2. The summed E-state index contributed by atoms with van der Waals surface area (Å²) in [6.45, 7) is 2.26. The molecule has 7 nitrogen and oxygen atoms in total. The molecule has 3 fully saturated rings. The summed E-state index contributed by atoms with van der Waals surface area (Å²) in [7, 11) is 0. The molecule has 3 heterocycles. The molecule has 3 rings (SSSR count). The zero-order valence-electron chi connectivity index (χ0n) is 11.2. The molecule has 20 heavy (non-hydrogen) atoms. The quantitative estimate of drug-likeness (QED) is 0.728. The minimum Gasteiger partial charge on any atom is -0.481 e. The highest BCUT2D eigenvalue weighted by Gasteiger charge is 2.45. The van der Waals surface area contributed by atoms with Gasteiger partial charge in [-0.25, -0.2) is 4.79 Å². The number of fused-ring (bicyclic) bond motifs is 1. The lowest BCUT2D eigenvalue weighted by Crippen LogP contribution is -2.59. The standard InChI is InChI=1S/C13H19N3O4/c17-11(18)4-8-6-15(7-8)13(20)16-3-1-2-9-10(16)5-14-12(9)19/h8-10H,1-7H2,(H,14,19)(H,17,18). The summed E-state index contributed by atoms with van der Waals surface area (Å²) in [5.41, 5.74) is 0. The van der Waals surface area contributed by atoms with Crippen molar-refractivity contribution >= 4 is 17.9 Å². The van der Waals surface area contributed by atoms with Gasteiger partial charge < -0.3 is 20.2 Å². The van der Waals surface area contributed by atoms with Gasteiger partial charge in [-0.05, 0) is 12.8 Å². The fourth-order valence-electron chi connectivity index (χ4n) is 3.47. The zero-order chi connectivity index (χ0) is 14.3. The average Bonchev–Trinajstić information content (AvgIpc) is 2.74. The Bertz CT molecular complexity index is 447. The van der Waals surface area contributed by atoms with Crippen LogP contribution in [0.4, 0.5) is 4.79 Å². The van der Waals surface area contributed by atoms with E-state index in [0.29, 0.717) is 26.2 Å². The Hall–Kier alpha value is -1.79. The lowest BCUT2D eigenvalue weighted by Gasteiger charge is -2.45. The number of carboxylic acid groups (broad SMARTS) is 1. The fraction of sp³-hybridized carbons (Fsp3) is 0.769. The third-order valence-corrected chi connectivity index (χ3v) is 4.54. The van der Waals surface area contributed by atoms with E-state index in [0.717, 1.165) is 12.8 Å². The Kier molecular flexibility index (Phi) is 3.27. The van der Waals surface area contributed by atoms with Gasteiger partial charge in [0.1, 0.15) is 0 Å². The van der Waals surface area contributed by atoms with E-state index in [-0.39, 0.29) is 36.2 Å². The molecule has 0 aromatic carbocycles. The fourth-order valence-corrected chi connectivity index (χ4v) is 3.47. The molecule has 2 atom stereocenters. The van der Waals surface area contributed by atoms with Crippen LogP contribution in [-0.4, -0.2) is 65.0 Å². The molecular weight excluding hydrogens is 262 g/mol. The molecule has 3 aliphatic heterocycles. The number of rotatable bonds is 2. The number of nitrogens with one attached hydrogen (secondary N) is 1. The first-order valence-electron chi connectivity index (χ1n) is 7.11. The predicted octanol–water partition coefficient (Wildman–Crippen LogP) is -0.277. The number of hydrogen-bond acceptors (Lipinski definition) is 3. The lowest BCUT2D eigenvalue weighted by molar-refractivity contribution is -0.139. The average molecular weight is 281 g/mol. The number of aliphatic carboxylic acids is 1. The third kappa shape index (κ3) is 2.21. The van der Waals surface area contributed by atoms with Crippen molar-refractivity contribution in [2.75, 3.05) is 26.2 Å². The van der Waals surface area contributed by atoms with E-state index in [1.807, 2.05) is 0 Å². The Morgan fingerprint density at radius 3 is 2.80 bits per heavy atom. The highest BCUT2D eigenvalue weighted by molar-refractivity contribution is 5.84. The van der Waals surface area contributed by atoms with Gasteiger partial charge in [-0.3, -0.25) is 9.59 Å². The number of hydrogen-bond donors (Lipinski definition) is 2. The maximum absolute atomic E-state index is 12.4. The Morgan fingerprint density at radius 2 is 2.10 bits per heavy atom. The van der Waals surface area contributed by atoms with Gasteiger partial charge in [0.2, 0.25) is 5.91 Å². The number of urea groups is 1. The van der Waals surface area contributed by atoms with Gasteiger partial charge in [0, 0.05) is 32.1 Å². The molecule has 0 aromatic heterocycles. The maximum Gasteiger partial charge on any atom is 0.320 e. The summed E-state index contributed by atoms with van der Waals surface area (Å²) in [5.74, 6) is -0.755. The first-order valence-corrected chi connectivity index (χ1v) is 7.11. The molecule has 2 unspecified atom stereocenters. The lowest BCUT2D eigenvalue weighted by atomic mass is 9.91. The van der Waals surface area contributed by atoms with Gasteiger partial charge in [0.15, 0.2) is 0 Å². The van der Waals surface area contributed by atoms with Crippen LogP contribution >= 0.6 is 0 Å². The molecule has 0 aliphatic carbocycles. The van der Waals surface area contributed by atoms with Crippen molar-refractivity contribution < 1.29 is 19.5 Å². The monoisotopic (exact) mass is 281 g/mol. The molecule has 3 amide bonds. The van der Waals surface area contributed by atoms with E-state index in [1.54, 1.807) is 9.80 Å². The summed E-state index contributed by atoms with van der Waals surface area (Å²) in [6, 6.07) is -0.0693. The summed E-state index contributed by atoms with van der Waals surface area (Å²) in [6.07, 6.45) is 1.82. The molecule has 3 aliphatic rings. The largest absolute Gasteiger partial charge is 0.481 e. The van der Waals surface area contributed by atoms with Crippen molar-refractivity contribution in [1.82, 2.24) is 15.1 Å². The third-order valence-electron chi connectivity index (χ3n) is 4.54. The second-order valence-electron chi connectivity index (χ2n) is 5.91. The van der Waals surface area contributed by atoms with E-state index in [4.69, 9.17) is 5.11 Å². The second kappa shape index (κ2) is 4.96. The van der Waals surface area contributed by atoms with Gasteiger partial charge in [0.05, 0.1) is 18.4 Å². The van der Waals surface area contributed by atoms with E-state index >= 15 is 0 Å². The Morgan fingerprint density at radius 1 is 1.35 bits per heavy atom. The number of carboxylic acids is 1. The van der Waals surface area contributed by atoms with E-state index < -0.39 is 5.97 Å². The van der Waals surface area contributed by atoms with Crippen LogP contribution in [0.3, 0.4) is 0 Å². The van der Waals surface area contributed by atoms with Gasteiger partial charge in [-0.2, -0.15) is 0 Å². The number of amides is 3. The molecular formula is C13H19N3O4. The second-order valence-corrected chi connectivity index (χ2v) is 5.91. The van der Waals surface area contributed by atoms with E-state index in [9.17, 15) is 14.4 Å². The first-order chi connectivity index (χ1) is 9.56. The molecule has 0 saturated carbocycles. The summed E-state index contributed by atoms with van der Waals surface area (Å²) in [4.78, 5) is 38.2. The highest BCUT2D eigenvalue weighted by atomic mass is 16.4. The van der Waals surface area contributed by atoms with Gasteiger partial charge in [0.25, 0.3) is 0 Å². The number of carbonyl (C=O) groups excluding carboxylic acids is 2. The van der Waals surface area contributed by atoms with Crippen LogP contribution in [0.2, 0.25) is 0 Å². The molecule has 0 radical (unpaired) electrons. The molecule has 0 spiro atoms. The van der Waals surface area contributed by atoms with Crippen molar-refractivity contribution in [3.8, 4) is 0 Å². The molecule has 7 heteroatoms. The summed E-state index contributed by atoms with van der Waals surface area (Å²) >= 11 is 0. The van der Waals surface area contributed by atoms with Gasteiger partial charge >= 0.3 is 12.0 Å². The topological polar surface area (TPSA) is 90.0 Å². The van der Waals surface area contributed by atoms with Crippen LogP contribution in [0.5, 0.6) is 0 Å². The Labute approximate surface area is 116 Å². The molecule has 2 N–H and O–H groups in total. The van der Waals surface area contributed by atoms with Crippen molar-refractivity contribution in [3.63, 3.8) is 0 Å². The van der Waals surface area contributed by atoms with Gasteiger partial charge in [-0.1, -0.05) is 0 Å². The predicted molar refractivity (Wildman–Crippen MR) is 68.9 cm³/mol. The summed E-state index contributed by atoms with van der Waals surface area (Å²) < 4.78 is 0. The maximum atomic E-state index is 12.4. The van der Waals surface area contributed by atoms with Crippen LogP contribution in [0.1, 0.15) is 19.3 Å². The summed E-state index contributed by atoms with van der Waals surface area (Å²) in [5, 5.41) is 11.5. The van der Waals surface area contributed by atoms with Crippen LogP contribution in [-0.2, 0) is 9.59 Å². The molecule has 3 saturated heterocycles. The van der Waals surface area contributed by atoms with Crippen molar-refractivity contribution in [2.45, 2.75) is 25.3 Å². The number of likely N-dealkylation sites (tertiary alicyclic amines) is 2.